The molecule has 0 spiro atoms. The Kier molecular flexibility index (Phi) is 5.87. The van der Waals surface area contributed by atoms with Crippen LogP contribution in [0.15, 0.2) is 0 Å². The largest absolute Gasteiger partial charge is 0.304 e. The second-order valence-electron chi connectivity index (χ2n) is 2.29. The van der Waals surface area contributed by atoms with Crippen molar-refractivity contribution in [1.82, 2.24) is 0 Å². The number of rotatable bonds is 5. The highest BCUT2D eigenvalue weighted by atomic mass is 32.2. The average Bonchev–Trinajstić information content (AvgIpc) is 1.85. The molecular weight excluding hydrogens is 152 g/mol. The first kappa shape index (κ1) is 10.1. The lowest BCUT2D eigenvalue weighted by Gasteiger charge is -2.03. The van der Waals surface area contributed by atoms with Crippen LogP contribution in [-0.2, 0) is 19.7 Å². The Balaban J connectivity index is 3.22. The second kappa shape index (κ2) is 5.82. The van der Waals surface area contributed by atoms with Gasteiger partial charge in [-0.3, -0.25) is 8.37 Å². The van der Waals surface area contributed by atoms with Crippen LogP contribution in [0.5, 0.6) is 0 Å². The van der Waals surface area contributed by atoms with Gasteiger partial charge in [0.1, 0.15) is 0 Å². The summed E-state index contributed by atoms with van der Waals surface area (Å²) in [6.07, 6.45) is 0. The Bertz CT molecular complexity index is 103. The summed E-state index contributed by atoms with van der Waals surface area (Å²) in [5.41, 5.74) is 0. The molecule has 4 heteroatoms. The molecule has 0 radical (unpaired) electrons. The van der Waals surface area contributed by atoms with Crippen LogP contribution in [0.2, 0.25) is 0 Å². The lowest BCUT2D eigenvalue weighted by molar-refractivity contribution is 0.234. The molecule has 0 rings (SSSR count). The molecule has 0 N–H and O–H groups in total. The minimum atomic E-state index is -1.54. The molecule has 0 saturated carbocycles. The summed E-state index contributed by atoms with van der Waals surface area (Å²) in [6.45, 7) is 6.65. The lowest BCUT2D eigenvalue weighted by atomic mass is 10.2. The topological polar surface area (TPSA) is 35.5 Å². The molecule has 0 amide bonds. The van der Waals surface area contributed by atoms with Crippen molar-refractivity contribution in [3.63, 3.8) is 0 Å². The first-order valence-electron chi connectivity index (χ1n) is 3.35. The first-order valence-corrected chi connectivity index (χ1v) is 4.35. The molecule has 0 aliphatic rings. The summed E-state index contributed by atoms with van der Waals surface area (Å²) in [7, 11) is 0. The van der Waals surface area contributed by atoms with E-state index in [2.05, 4.69) is 4.18 Å². The van der Waals surface area contributed by atoms with Crippen LogP contribution in [-0.4, -0.2) is 17.4 Å². The normalized spacial score (nSPS) is 14.0. The van der Waals surface area contributed by atoms with Gasteiger partial charge in [0.25, 0.3) is 0 Å². The Morgan fingerprint density at radius 1 is 1.40 bits per heavy atom. The predicted molar refractivity (Wildman–Crippen MR) is 40.6 cm³/mol. The van der Waals surface area contributed by atoms with E-state index in [-0.39, 0.29) is 0 Å². The molecule has 3 nitrogen and oxygen atoms in total. The molecule has 1 atom stereocenters. The molecule has 0 aliphatic carbocycles. The van der Waals surface area contributed by atoms with Gasteiger partial charge in [-0.2, -0.15) is 4.21 Å². The maximum absolute atomic E-state index is 10.6. The van der Waals surface area contributed by atoms with Gasteiger partial charge in [-0.1, -0.05) is 13.8 Å². The van der Waals surface area contributed by atoms with Crippen LogP contribution in [0.4, 0.5) is 0 Å². The zero-order valence-corrected chi connectivity index (χ0v) is 7.44. The molecule has 0 fully saturated rings. The molecule has 62 valence electrons. The highest BCUT2D eigenvalue weighted by Gasteiger charge is 2.00. The van der Waals surface area contributed by atoms with Gasteiger partial charge in [0.05, 0.1) is 13.2 Å². The third-order valence-corrected chi connectivity index (χ3v) is 1.47. The van der Waals surface area contributed by atoms with Gasteiger partial charge in [-0.15, -0.1) is 0 Å². The first-order chi connectivity index (χ1) is 4.66. The van der Waals surface area contributed by atoms with Gasteiger partial charge < -0.3 is 0 Å². The van der Waals surface area contributed by atoms with E-state index in [1.165, 1.54) is 0 Å². The summed E-state index contributed by atoms with van der Waals surface area (Å²) in [4.78, 5) is 0. The standard InChI is InChI=1S/C6H14O3S/c1-4-8-10(7)9-5-6(2)3/h6H,4-5H2,1-3H3. The highest BCUT2D eigenvalue weighted by molar-refractivity contribution is 7.75. The lowest BCUT2D eigenvalue weighted by Crippen LogP contribution is -2.07. The summed E-state index contributed by atoms with van der Waals surface area (Å²) >= 11 is -1.54. The number of hydrogen-bond acceptors (Lipinski definition) is 3. The van der Waals surface area contributed by atoms with E-state index >= 15 is 0 Å². The van der Waals surface area contributed by atoms with Gasteiger partial charge >= 0.3 is 11.4 Å². The van der Waals surface area contributed by atoms with E-state index in [0.717, 1.165) is 0 Å². The molecule has 0 heterocycles. The monoisotopic (exact) mass is 166 g/mol. The summed E-state index contributed by atoms with van der Waals surface area (Å²) in [5.74, 6) is 0.393. The third kappa shape index (κ3) is 6.19. The molecule has 0 saturated heterocycles. The van der Waals surface area contributed by atoms with Crippen LogP contribution in [0.1, 0.15) is 20.8 Å². The zero-order valence-electron chi connectivity index (χ0n) is 6.62. The van der Waals surface area contributed by atoms with E-state index in [0.29, 0.717) is 19.1 Å². The van der Waals surface area contributed by atoms with Crippen molar-refractivity contribution in [3.8, 4) is 0 Å². The average molecular weight is 166 g/mol. The molecule has 0 aromatic heterocycles. The maximum Gasteiger partial charge on any atom is 0.304 e. The number of hydrogen-bond donors (Lipinski definition) is 0. The third-order valence-electron chi connectivity index (χ3n) is 0.712. The Labute approximate surface area is 64.6 Å². The highest BCUT2D eigenvalue weighted by Crippen LogP contribution is 1.96. The van der Waals surface area contributed by atoms with E-state index in [1.807, 2.05) is 13.8 Å². The van der Waals surface area contributed by atoms with Crippen molar-refractivity contribution < 1.29 is 12.6 Å². The summed E-state index contributed by atoms with van der Waals surface area (Å²) in [6, 6.07) is 0. The fourth-order valence-corrected chi connectivity index (χ4v) is 0.966. The molecule has 0 aromatic carbocycles. The fourth-order valence-electron chi connectivity index (χ4n) is 0.322. The second-order valence-corrected chi connectivity index (χ2v) is 3.17. The Morgan fingerprint density at radius 2 is 2.00 bits per heavy atom. The van der Waals surface area contributed by atoms with E-state index in [4.69, 9.17) is 4.18 Å². The minimum Gasteiger partial charge on any atom is -0.269 e. The molecule has 0 aromatic rings. The Morgan fingerprint density at radius 3 is 2.40 bits per heavy atom. The molecule has 0 bridgehead atoms. The fraction of sp³-hybridized carbons (Fsp3) is 1.00. The van der Waals surface area contributed by atoms with E-state index in [1.54, 1.807) is 6.92 Å². The van der Waals surface area contributed by atoms with Crippen molar-refractivity contribution in [3.05, 3.63) is 0 Å². The SMILES string of the molecule is CCOS(=O)OCC(C)C. The van der Waals surface area contributed by atoms with Crippen LogP contribution in [0, 0.1) is 5.92 Å². The predicted octanol–water partition coefficient (Wildman–Crippen LogP) is 1.27. The van der Waals surface area contributed by atoms with Crippen molar-refractivity contribution in [2.45, 2.75) is 20.8 Å². The molecule has 0 aliphatic heterocycles. The summed E-state index contributed by atoms with van der Waals surface area (Å²) < 4.78 is 20.1. The van der Waals surface area contributed by atoms with Crippen molar-refractivity contribution in [2.75, 3.05) is 13.2 Å². The van der Waals surface area contributed by atoms with Gasteiger partial charge in [-0.05, 0) is 12.8 Å². The molecular formula is C6H14O3S. The van der Waals surface area contributed by atoms with Gasteiger partial charge in [0.2, 0.25) is 0 Å². The molecule has 1 unspecified atom stereocenters. The zero-order chi connectivity index (χ0) is 7.98. The smallest absolute Gasteiger partial charge is 0.269 e. The van der Waals surface area contributed by atoms with Crippen molar-refractivity contribution >= 4 is 11.4 Å². The van der Waals surface area contributed by atoms with Gasteiger partial charge in [0.15, 0.2) is 0 Å². The molecule has 10 heavy (non-hydrogen) atoms. The summed E-state index contributed by atoms with van der Waals surface area (Å²) in [5, 5.41) is 0. The van der Waals surface area contributed by atoms with Gasteiger partial charge in [-0.25, -0.2) is 0 Å². The van der Waals surface area contributed by atoms with Crippen LogP contribution < -0.4 is 0 Å². The van der Waals surface area contributed by atoms with Crippen molar-refractivity contribution in [1.29, 1.82) is 0 Å². The van der Waals surface area contributed by atoms with E-state index < -0.39 is 11.4 Å². The van der Waals surface area contributed by atoms with Crippen molar-refractivity contribution in [2.24, 2.45) is 5.92 Å². The minimum absolute atomic E-state index is 0.393. The van der Waals surface area contributed by atoms with Crippen LogP contribution in [0.3, 0.4) is 0 Å². The van der Waals surface area contributed by atoms with Crippen LogP contribution in [0.25, 0.3) is 0 Å². The maximum atomic E-state index is 10.6. The van der Waals surface area contributed by atoms with Gasteiger partial charge in [0, 0.05) is 0 Å². The van der Waals surface area contributed by atoms with E-state index in [9.17, 15) is 4.21 Å². The Hall–Kier alpha value is 0.0700. The quantitative estimate of drug-likeness (QED) is 0.617. The van der Waals surface area contributed by atoms with Crippen LogP contribution >= 0.6 is 0 Å².